The van der Waals surface area contributed by atoms with E-state index in [4.69, 9.17) is 6.42 Å². The minimum absolute atomic E-state index is 0.196. The molecule has 3 N–H and O–H groups in total. The fraction of sp³-hybridized carbons (Fsp3) is 0.172. The number of amides is 1. The molecule has 186 valence electrons. The Morgan fingerprint density at radius 3 is 2.46 bits per heavy atom. The van der Waals surface area contributed by atoms with Gasteiger partial charge in [0.15, 0.2) is 6.04 Å². The third kappa shape index (κ3) is 5.68. The van der Waals surface area contributed by atoms with Crippen molar-refractivity contribution in [3.8, 4) is 12.3 Å². The molecule has 0 aliphatic heterocycles. The first-order chi connectivity index (χ1) is 17.8. The lowest BCUT2D eigenvalue weighted by Gasteiger charge is -2.24. The number of carbonyl (C=O) groups excluding carboxylic acids is 1. The topological polar surface area (TPSA) is 115 Å². The molecular formula is C29H26N4O4. The molecule has 0 spiro atoms. The Balaban J connectivity index is 1.56. The molecule has 1 atom stereocenters. The minimum atomic E-state index is -1.16. The zero-order valence-electron chi connectivity index (χ0n) is 20.5. The van der Waals surface area contributed by atoms with Gasteiger partial charge in [-0.3, -0.25) is 9.59 Å². The summed E-state index contributed by atoms with van der Waals surface area (Å²) >= 11 is 0. The van der Waals surface area contributed by atoms with Crippen LogP contribution in [0.4, 0.5) is 5.69 Å². The molecule has 1 heterocycles. The van der Waals surface area contributed by atoms with Crippen LogP contribution in [-0.4, -0.2) is 33.5 Å². The highest BCUT2D eigenvalue weighted by atomic mass is 16.4. The quantitative estimate of drug-likeness (QED) is 0.322. The van der Waals surface area contributed by atoms with E-state index in [9.17, 15) is 19.5 Å². The van der Waals surface area contributed by atoms with E-state index in [0.717, 1.165) is 16.8 Å². The fourth-order valence-corrected chi connectivity index (χ4v) is 4.15. The number of carboxylic acids is 1. The Labute approximate surface area is 214 Å². The summed E-state index contributed by atoms with van der Waals surface area (Å²) in [6.45, 7) is 4.45. The molecule has 0 saturated carbocycles. The van der Waals surface area contributed by atoms with E-state index < -0.39 is 17.9 Å². The molecule has 4 rings (SSSR count). The number of nitrogens with one attached hydrogen (secondary N) is 2. The second kappa shape index (κ2) is 10.8. The molecule has 0 fully saturated rings. The molecule has 0 bridgehead atoms. The standard InChI is InChI=1S/C29H26N4O4/c1-4-14-33(17-22-16-24-25(15-18(22)2)30-19(3)31-28(24)35)23-12-10-21(11-13-23)27(34)32-26(29(36)37)20-8-6-5-7-9-20/h1,5-13,15-16,26H,14,17H2,2-3H3,(H,32,34)(H,36,37)(H,30,31,35)/t26-/m0/s1. The van der Waals surface area contributed by atoms with Gasteiger partial charge in [-0.2, -0.15) is 0 Å². The number of fused-ring (bicyclic) bond motifs is 1. The first-order valence-corrected chi connectivity index (χ1v) is 11.6. The van der Waals surface area contributed by atoms with Crippen LogP contribution >= 0.6 is 0 Å². The average molecular weight is 495 g/mol. The third-order valence-corrected chi connectivity index (χ3v) is 6.07. The maximum Gasteiger partial charge on any atom is 0.330 e. The highest BCUT2D eigenvalue weighted by Crippen LogP contribution is 2.23. The summed E-state index contributed by atoms with van der Waals surface area (Å²) in [5, 5.41) is 12.7. The van der Waals surface area contributed by atoms with E-state index >= 15 is 0 Å². The van der Waals surface area contributed by atoms with Crippen LogP contribution in [0.2, 0.25) is 0 Å². The first kappa shape index (κ1) is 25.2. The molecule has 4 aromatic rings. The minimum Gasteiger partial charge on any atom is -0.479 e. The van der Waals surface area contributed by atoms with Gasteiger partial charge in [-0.25, -0.2) is 9.78 Å². The number of benzene rings is 3. The van der Waals surface area contributed by atoms with Crippen molar-refractivity contribution < 1.29 is 14.7 Å². The molecule has 3 aromatic carbocycles. The van der Waals surface area contributed by atoms with Gasteiger partial charge in [-0.05, 0) is 66.9 Å². The highest BCUT2D eigenvalue weighted by Gasteiger charge is 2.22. The summed E-state index contributed by atoms with van der Waals surface area (Å²) in [6, 6.07) is 17.9. The van der Waals surface area contributed by atoms with Gasteiger partial charge in [0.25, 0.3) is 11.5 Å². The molecule has 0 aliphatic rings. The Kier molecular flexibility index (Phi) is 7.35. The molecule has 37 heavy (non-hydrogen) atoms. The lowest BCUT2D eigenvalue weighted by molar-refractivity contribution is -0.139. The van der Waals surface area contributed by atoms with E-state index in [1.165, 1.54) is 0 Å². The number of carbonyl (C=O) groups is 2. The van der Waals surface area contributed by atoms with Gasteiger partial charge in [0.2, 0.25) is 0 Å². The monoisotopic (exact) mass is 494 g/mol. The van der Waals surface area contributed by atoms with E-state index in [2.05, 4.69) is 21.2 Å². The number of nitrogens with zero attached hydrogens (tertiary/aromatic N) is 2. The number of aliphatic carboxylic acids is 1. The van der Waals surface area contributed by atoms with Crippen LogP contribution in [0, 0.1) is 26.2 Å². The number of terminal acetylenes is 1. The molecule has 0 saturated heterocycles. The summed E-state index contributed by atoms with van der Waals surface area (Å²) in [6.07, 6.45) is 5.63. The molecule has 0 aliphatic carbocycles. The SMILES string of the molecule is C#CCN(Cc1cc2c(=O)[nH]c(C)nc2cc1C)c1ccc(C(=O)N[C@H](C(=O)O)c2ccccc2)cc1. The van der Waals surface area contributed by atoms with Crippen LogP contribution in [0.3, 0.4) is 0 Å². The van der Waals surface area contributed by atoms with Crippen LogP contribution in [0.25, 0.3) is 10.9 Å². The summed E-state index contributed by atoms with van der Waals surface area (Å²) in [5.74, 6) is 1.57. The molecule has 1 aromatic heterocycles. The van der Waals surface area contributed by atoms with Crippen LogP contribution in [0.1, 0.15) is 38.9 Å². The molecule has 0 radical (unpaired) electrons. The van der Waals surface area contributed by atoms with Gasteiger partial charge in [-0.15, -0.1) is 6.42 Å². The van der Waals surface area contributed by atoms with Crippen molar-refractivity contribution in [3.63, 3.8) is 0 Å². The molecule has 1 amide bonds. The van der Waals surface area contributed by atoms with Crippen LogP contribution in [0.5, 0.6) is 0 Å². The van der Waals surface area contributed by atoms with Crippen molar-refractivity contribution in [2.75, 3.05) is 11.4 Å². The highest BCUT2D eigenvalue weighted by molar-refractivity contribution is 5.97. The van der Waals surface area contributed by atoms with Gasteiger partial charge < -0.3 is 20.3 Å². The number of aryl methyl sites for hydroxylation is 2. The lowest BCUT2D eigenvalue weighted by atomic mass is 10.0. The second-order valence-corrected chi connectivity index (χ2v) is 8.71. The molecule has 8 heteroatoms. The van der Waals surface area contributed by atoms with Gasteiger partial charge in [-0.1, -0.05) is 36.3 Å². The van der Waals surface area contributed by atoms with E-state index in [-0.39, 0.29) is 5.56 Å². The van der Waals surface area contributed by atoms with Gasteiger partial charge in [0.05, 0.1) is 17.4 Å². The van der Waals surface area contributed by atoms with Crippen molar-refractivity contribution in [2.24, 2.45) is 0 Å². The molecule has 0 unspecified atom stereocenters. The van der Waals surface area contributed by atoms with Crippen molar-refractivity contribution in [1.29, 1.82) is 0 Å². The Morgan fingerprint density at radius 1 is 1.11 bits per heavy atom. The van der Waals surface area contributed by atoms with Crippen LogP contribution < -0.4 is 15.8 Å². The molecular weight excluding hydrogens is 468 g/mol. The predicted octanol–water partition coefficient (Wildman–Crippen LogP) is 3.74. The van der Waals surface area contributed by atoms with Gasteiger partial charge >= 0.3 is 5.97 Å². The van der Waals surface area contributed by atoms with Gasteiger partial charge in [0.1, 0.15) is 5.82 Å². The fourth-order valence-electron chi connectivity index (χ4n) is 4.15. The summed E-state index contributed by atoms with van der Waals surface area (Å²) in [4.78, 5) is 46.1. The summed E-state index contributed by atoms with van der Waals surface area (Å²) < 4.78 is 0. The van der Waals surface area contributed by atoms with Crippen LogP contribution in [-0.2, 0) is 11.3 Å². The number of hydrogen-bond acceptors (Lipinski definition) is 5. The normalized spacial score (nSPS) is 11.5. The molecule has 8 nitrogen and oxygen atoms in total. The zero-order chi connectivity index (χ0) is 26.5. The largest absolute Gasteiger partial charge is 0.479 e. The summed E-state index contributed by atoms with van der Waals surface area (Å²) in [5.41, 5.74) is 3.92. The number of rotatable bonds is 8. The van der Waals surface area contributed by atoms with E-state index in [0.29, 0.717) is 40.9 Å². The average Bonchev–Trinajstić information content (AvgIpc) is 2.88. The maximum atomic E-state index is 12.8. The number of aromatic nitrogens is 2. The second-order valence-electron chi connectivity index (χ2n) is 8.71. The van der Waals surface area contributed by atoms with Crippen molar-refractivity contribution >= 4 is 28.5 Å². The summed E-state index contributed by atoms with van der Waals surface area (Å²) in [7, 11) is 0. The van der Waals surface area contributed by atoms with Crippen molar-refractivity contribution in [1.82, 2.24) is 15.3 Å². The number of hydrogen-bond donors (Lipinski definition) is 3. The number of aromatic amines is 1. The Bertz CT molecular complexity index is 1550. The number of anilines is 1. The number of H-pyrrole nitrogens is 1. The van der Waals surface area contributed by atoms with Crippen molar-refractivity contribution in [3.05, 3.63) is 105 Å². The first-order valence-electron chi connectivity index (χ1n) is 11.6. The van der Waals surface area contributed by atoms with Crippen LogP contribution in [0.15, 0.2) is 71.5 Å². The van der Waals surface area contributed by atoms with E-state index in [1.54, 1.807) is 61.5 Å². The van der Waals surface area contributed by atoms with Gasteiger partial charge in [0, 0.05) is 17.8 Å². The Hall–Kier alpha value is -4.90. The zero-order valence-corrected chi connectivity index (χ0v) is 20.5. The predicted molar refractivity (Wildman–Crippen MR) is 142 cm³/mol. The smallest absolute Gasteiger partial charge is 0.330 e. The number of carboxylic acid groups (broad SMARTS) is 1. The third-order valence-electron chi connectivity index (χ3n) is 6.07. The Morgan fingerprint density at radius 2 is 1.81 bits per heavy atom. The van der Waals surface area contributed by atoms with E-state index in [1.807, 2.05) is 24.0 Å². The maximum absolute atomic E-state index is 12.8. The lowest BCUT2D eigenvalue weighted by Crippen LogP contribution is -2.33. The van der Waals surface area contributed by atoms with Crippen molar-refractivity contribution in [2.45, 2.75) is 26.4 Å².